The zero-order valence-corrected chi connectivity index (χ0v) is 11.8. The molecule has 3 nitrogen and oxygen atoms in total. The van der Waals surface area contributed by atoms with E-state index in [4.69, 9.17) is 5.73 Å². The average molecular weight is 257 g/mol. The monoisotopic (exact) mass is 257 g/mol. The van der Waals surface area contributed by atoms with Crippen molar-refractivity contribution in [3.8, 4) is 0 Å². The highest BCUT2D eigenvalue weighted by atomic mass is 15.1. The molecule has 19 heavy (non-hydrogen) atoms. The van der Waals surface area contributed by atoms with Gasteiger partial charge >= 0.3 is 0 Å². The van der Waals surface area contributed by atoms with Crippen LogP contribution in [-0.2, 0) is 0 Å². The molecule has 0 fully saturated rings. The summed E-state index contributed by atoms with van der Waals surface area (Å²) in [7, 11) is 4.16. The summed E-state index contributed by atoms with van der Waals surface area (Å²) >= 11 is 0. The van der Waals surface area contributed by atoms with Crippen LogP contribution in [0.15, 0.2) is 42.5 Å². The van der Waals surface area contributed by atoms with Gasteiger partial charge in [-0.2, -0.15) is 0 Å². The number of fused-ring (bicyclic) bond motifs is 1. The molecule has 1 unspecified atom stereocenters. The molecule has 2 aromatic rings. The first-order valence-electron chi connectivity index (χ1n) is 6.78. The maximum absolute atomic E-state index is 5.94. The van der Waals surface area contributed by atoms with E-state index in [9.17, 15) is 0 Å². The molecule has 2 rings (SSSR count). The van der Waals surface area contributed by atoms with Crippen LogP contribution in [0.25, 0.3) is 10.8 Å². The van der Waals surface area contributed by atoms with Crippen molar-refractivity contribution in [3.63, 3.8) is 0 Å². The van der Waals surface area contributed by atoms with Gasteiger partial charge in [0.15, 0.2) is 0 Å². The molecular formula is C16H23N3. The summed E-state index contributed by atoms with van der Waals surface area (Å²) in [6.45, 7) is 2.57. The minimum atomic E-state index is 0.214. The lowest BCUT2D eigenvalue weighted by Gasteiger charge is -2.20. The molecule has 0 heterocycles. The van der Waals surface area contributed by atoms with Crippen molar-refractivity contribution in [2.24, 2.45) is 5.73 Å². The van der Waals surface area contributed by atoms with E-state index in [1.54, 1.807) is 0 Å². The second kappa shape index (κ2) is 6.66. The molecule has 0 radical (unpaired) electrons. The number of nitrogens with zero attached hydrogens (tertiary/aromatic N) is 1. The summed E-state index contributed by atoms with van der Waals surface area (Å²) in [5.74, 6) is 0. The Hall–Kier alpha value is -1.42. The van der Waals surface area contributed by atoms with Gasteiger partial charge in [-0.05, 0) is 30.4 Å². The Morgan fingerprint density at radius 3 is 2.58 bits per heavy atom. The number of hydrogen-bond donors (Lipinski definition) is 2. The van der Waals surface area contributed by atoms with E-state index < -0.39 is 0 Å². The summed E-state index contributed by atoms with van der Waals surface area (Å²) < 4.78 is 0. The van der Waals surface area contributed by atoms with E-state index in [-0.39, 0.29) is 6.04 Å². The minimum Gasteiger partial charge on any atom is -0.329 e. The summed E-state index contributed by atoms with van der Waals surface area (Å²) in [5, 5.41) is 6.10. The van der Waals surface area contributed by atoms with Crippen LogP contribution in [0.5, 0.6) is 0 Å². The third-order valence-corrected chi connectivity index (χ3v) is 3.38. The third kappa shape index (κ3) is 3.53. The van der Waals surface area contributed by atoms with Gasteiger partial charge in [-0.1, -0.05) is 42.5 Å². The lowest BCUT2D eigenvalue weighted by Crippen LogP contribution is -2.33. The van der Waals surface area contributed by atoms with E-state index in [1.165, 1.54) is 16.3 Å². The molecule has 0 aliphatic heterocycles. The van der Waals surface area contributed by atoms with E-state index >= 15 is 0 Å². The molecule has 3 N–H and O–H groups in total. The van der Waals surface area contributed by atoms with Crippen molar-refractivity contribution in [1.29, 1.82) is 0 Å². The van der Waals surface area contributed by atoms with Gasteiger partial charge in [0.2, 0.25) is 0 Å². The molecule has 0 amide bonds. The molecule has 102 valence electrons. The Morgan fingerprint density at radius 2 is 1.84 bits per heavy atom. The molecule has 2 aromatic carbocycles. The summed E-state index contributed by atoms with van der Waals surface area (Å²) in [5.41, 5.74) is 7.23. The topological polar surface area (TPSA) is 41.3 Å². The molecule has 0 aliphatic carbocycles. The average Bonchev–Trinajstić information content (AvgIpc) is 2.43. The van der Waals surface area contributed by atoms with Crippen LogP contribution >= 0.6 is 0 Å². The maximum Gasteiger partial charge on any atom is 0.0451 e. The van der Waals surface area contributed by atoms with Gasteiger partial charge in [-0.3, -0.25) is 0 Å². The first-order valence-corrected chi connectivity index (χ1v) is 6.78. The molecule has 1 atom stereocenters. The first-order chi connectivity index (χ1) is 9.22. The zero-order valence-electron chi connectivity index (χ0n) is 11.8. The lowest BCUT2D eigenvalue weighted by molar-refractivity contribution is 0.386. The number of hydrogen-bond acceptors (Lipinski definition) is 3. The van der Waals surface area contributed by atoms with Crippen LogP contribution in [0.4, 0.5) is 0 Å². The molecule has 0 aliphatic rings. The SMILES string of the molecule is CN(C)CCNC(CN)c1cccc2ccccc12. The van der Waals surface area contributed by atoms with Crippen LogP contribution in [0.3, 0.4) is 0 Å². The molecule has 3 heteroatoms. The smallest absolute Gasteiger partial charge is 0.0451 e. The van der Waals surface area contributed by atoms with Crippen molar-refractivity contribution < 1.29 is 0 Å². The van der Waals surface area contributed by atoms with E-state index in [0.717, 1.165) is 13.1 Å². The second-order valence-corrected chi connectivity index (χ2v) is 5.11. The Bertz CT molecular complexity index is 517. The summed E-state index contributed by atoms with van der Waals surface area (Å²) in [6.07, 6.45) is 0. The van der Waals surface area contributed by atoms with E-state index in [0.29, 0.717) is 6.54 Å². The lowest BCUT2D eigenvalue weighted by atomic mass is 9.99. The Labute approximate surface area is 115 Å². The van der Waals surface area contributed by atoms with Crippen LogP contribution < -0.4 is 11.1 Å². The van der Waals surface area contributed by atoms with E-state index in [2.05, 4.69) is 66.8 Å². The van der Waals surface area contributed by atoms with Crippen molar-refractivity contribution in [2.45, 2.75) is 6.04 Å². The van der Waals surface area contributed by atoms with Crippen molar-refractivity contribution in [2.75, 3.05) is 33.7 Å². The molecule has 0 bridgehead atoms. The third-order valence-electron chi connectivity index (χ3n) is 3.38. The Morgan fingerprint density at radius 1 is 1.11 bits per heavy atom. The normalized spacial score (nSPS) is 13.1. The van der Waals surface area contributed by atoms with Gasteiger partial charge in [-0.25, -0.2) is 0 Å². The fourth-order valence-corrected chi connectivity index (χ4v) is 2.34. The summed E-state index contributed by atoms with van der Waals surface area (Å²) in [6, 6.07) is 15.1. The maximum atomic E-state index is 5.94. The van der Waals surface area contributed by atoms with Gasteiger partial charge < -0.3 is 16.0 Å². The Balaban J connectivity index is 2.20. The Kier molecular flexibility index (Phi) is 4.91. The van der Waals surface area contributed by atoms with Gasteiger partial charge in [0.25, 0.3) is 0 Å². The number of benzene rings is 2. The zero-order chi connectivity index (χ0) is 13.7. The number of nitrogens with two attached hydrogens (primary N) is 1. The molecular weight excluding hydrogens is 234 g/mol. The minimum absolute atomic E-state index is 0.214. The van der Waals surface area contributed by atoms with Gasteiger partial charge in [0.1, 0.15) is 0 Å². The van der Waals surface area contributed by atoms with Gasteiger partial charge in [0.05, 0.1) is 0 Å². The van der Waals surface area contributed by atoms with Gasteiger partial charge in [0, 0.05) is 25.7 Å². The molecule has 0 saturated heterocycles. The fraction of sp³-hybridized carbons (Fsp3) is 0.375. The number of nitrogens with one attached hydrogen (secondary N) is 1. The second-order valence-electron chi connectivity index (χ2n) is 5.11. The predicted molar refractivity (Wildman–Crippen MR) is 82.3 cm³/mol. The van der Waals surface area contributed by atoms with Gasteiger partial charge in [-0.15, -0.1) is 0 Å². The molecule has 0 spiro atoms. The van der Waals surface area contributed by atoms with E-state index in [1.807, 2.05) is 0 Å². The quantitative estimate of drug-likeness (QED) is 0.831. The van der Waals surface area contributed by atoms with Crippen LogP contribution in [0, 0.1) is 0 Å². The van der Waals surface area contributed by atoms with Crippen LogP contribution in [0.2, 0.25) is 0 Å². The first kappa shape index (κ1) is 14.0. The van der Waals surface area contributed by atoms with Crippen LogP contribution in [0.1, 0.15) is 11.6 Å². The number of likely N-dealkylation sites (N-methyl/N-ethyl adjacent to an activating group) is 1. The van der Waals surface area contributed by atoms with Crippen molar-refractivity contribution in [3.05, 3.63) is 48.0 Å². The predicted octanol–water partition coefficient (Wildman–Crippen LogP) is 1.99. The highest BCUT2D eigenvalue weighted by Crippen LogP contribution is 2.23. The standard InChI is InChI=1S/C16H23N3/c1-19(2)11-10-18-16(12-17)15-9-5-7-13-6-3-4-8-14(13)15/h3-9,16,18H,10-12,17H2,1-2H3. The van der Waals surface area contributed by atoms with Crippen molar-refractivity contribution >= 4 is 10.8 Å². The van der Waals surface area contributed by atoms with Crippen LogP contribution in [-0.4, -0.2) is 38.6 Å². The highest BCUT2D eigenvalue weighted by Gasteiger charge is 2.11. The molecule has 0 saturated carbocycles. The number of rotatable bonds is 6. The molecule has 0 aromatic heterocycles. The summed E-state index contributed by atoms with van der Waals surface area (Å²) in [4.78, 5) is 2.17. The highest BCUT2D eigenvalue weighted by molar-refractivity contribution is 5.86. The van der Waals surface area contributed by atoms with Crippen molar-refractivity contribution in [1.82, 2.24) is 10.2 Å². The largest absolute Gasteiger partial charge is 0.329 e. The fourth-order valence-electron chi connectivity index (χ4n) is 2.34.